The van der Waals surface area contributed by atoms with Crippen LogP contribution in [-0.4, -0.2) is 101 Å². The van der Waals surface area contributed by atoms with Crippen LogP contribution in [0.25, 0.3) is 16.6 Å². The van der Waals surface area contributed by atoms with Gasteiger partial charge < -0.3 is 56.9 Å². The number of hydrogen-bond donors (Lipinski definition) is 6. The minimum atomic E-state index is -0.296. The van der Waals surface area contributed by atoms with Crippen LogP contribution in [-0.2, 0) is 14.3 Å². The van der Waals surface area contributed by atoms with Crippen LogP contribution in [0.15, 0.2) is 90.5 Å². The summed E-state index contributed by atoms with van der Waals surface area (Å²) in [6.45, 7) is 11.6. The van der Waals surface area contributed by atoms with Crippen LogP contribution < -0.4 is 27.8 Å². The highest BCUT2D eigenvalue weighted by Crippen LogP contribution is 2.35. The summed E-state index contributed by atoms with van der Waals surface area (Å²) >= 11 is 0. The Hall–Kier alpha value is -5.99. The van der Waals surface area contributed by atoms with Crippen molar-refractivity contribution in [1.29, 1.82) is 0 Å². The molecule has 0 saturated carbocycles. The van der Waals surface area contributed by atoms with Crippen LogP contribution in [0.2, 0.25) is 0 Å². The van der Waals surface area contributed by atoms with Gasteiger partial charge in [-0.15, -0.1) is 0 Å². The van der Waals surface area contributed by atoms with E-state index in [1.54, 1.807) is 30.3 Å². The van der Waals surface area contributed by atoms with Gasteiger partial charge in [0.1, 0.15) is 17.7 Å². The van der Waals surface area contributed by atoms with Gasteiger partial charge in [0.2, 0.25) is 12.3 Å². The number of carbonyl (C=O) groups excluding carboxylic acids is 3. The van der Waals surface area contributed by atoms with Gasteiger partial charge in [0.25, 0.3) is 5.91 Å². The van der Waals surface area contributed by atoms with Gasteiger partial charge in [-0.05, 0) is 112 Å². The lowest BCUT2D eigenvalue weighted by Crippen LogP contribution is -2.49. The van der Waals surface area contributed by atoms with Crippen molar-refractivity contribution in [2.45, 2.75) is 77.2 Å². The fourth-order valence-corrected chi connectivity index (χ4v) is 9.15. The Labute approximate surface area is 358 Å². The summed E-state index contributed by atoms with van der Waals surface area (Å²) in [5, 5.41) is 17.0. The Kier molecular flexibility index (Phi) is 13.5. The van der Waals surface area contributed by atoms with Crippen molar-refractivity contribution in [2.75, 3.05) is 51.1 Å². The first-order valence-corrected chi connectivity index (χ1v) is 21.5. The van der Waals surface area contributed by atoms with Gasteiger partial charge >= 0.3 is 0 Å². The second kappa shape index (κ2) is 19.2. The maximum Gasteiger partial charge on any atom is 0.253 e. The molecule has 14 nitrogen and oxygen atoms in total. The molecule has 3 atom stereocenters. The van der Waals surface area contributed by atoms with Crippen molar-refractivity contribution in [3.63, 3.8) is 0 Å². The molecule has 61 heavy (non-hydrogen) atoms. The number of fused-ring (bicyclic) bond motifs is 1. The van der Waals surface area contributed by atoms with E-state index in [4.69, 9.17) is 21.9 Å². The first-order valence-electron chi connectivity index (χ1n) is 21.5. The molecule has 0 radical (unpaired) electrons. The third-order valence-corrected chi connectivity index (χ3v) is 12.8. The molecular formula is C47H61N9O5. The van der Waals surface area contributed by atoms with E-state index in [1.165, 1.54) is 11.1 Å². The van der Waals surface area contributed by atoms with Crippen molar-refractivity contribution in [1.82, 2.24) is 24.6 Å². The Morgan fingerprint density at radius 2 is 1.66 bits per heavy atom. The molecule has 3 aliphatic heterocycles. The number of hydrogen-bond acceptors (Lipinski definition) is 10. The average Bonchev–Trinajstić information content (AvgIpc) is 3.59. The third-order valence-electron chi connectivity index (χ3n) is 12.8. The minimum absolute atomic E-state index is 0.0560. The van der Waals surface area contributed by atoms with Gasteiger partial charge in [-0.3, -0.25) is 14.4 Å². The number of allylic oxidation sites excluding steroid dienone is 1. The van der Waals surface area contributed by atoms with Crippen LogP contribution in [0.5, 0.6) is 5.75 Å². The summed E-state index contributed by atoms with van der Waals surface area (Å²) in [6.07, 6.45) is 8.45. The molecule has 4 heterocycles. The smallest absolute Gasteiger partial charge is 0.253 e. The standard InChI is InChI=1S/C47H61N9O5/c1-30-26-56(41-13-12-36(24-39(30)41)52-45(59)14-19-51-29-57)37-17-20-53(21-18-37)27-33-15-22-54(23-16-33)47(60)35-10-8-34(9-11-35)44-28-55(31(2)32(3)61-44)42(46(49)50)25-40(48)38-6-4-5-7-43(38)58/h4-13,24-26,29,31-33,37,44,58H,14-23,27-28,48-50H2,1-3H3,(H,51,57)(H,52,59)/b40-25-. The molecule has 7 rings (SSSR count). The van der Waals surface area contributed by atoms with Crippen molar-refractivity contribution in [3.8, 4) is 5.75 Å². The number of phenolic OH excluding ortho intramolecular Hbond substituents is 1. The van der Waals surface area contributed by atoms with Gasteiger partial charge in [-0.25, -0.2) is 0 Å². The maximum absolute atomic E-state index is 13.7. The van der Waals surface area contributed by atoms with Crippen molar-refractivity contribution < 1.29 is 24.2 Å². The summed E-state index contributed by atoms with van der Waals surface area (Å²) in [4.78, 5) is 43.1. The lowest BCUT2D eigenvalue weighted by molar-refractivity contribution is -0.116. The molecule has 14 heteroatoms. The van der Waals surface area contributed by atoms with E-state index in [-0.39, 0.29) is 48.1 Å². The SMILES string of the molecule is Cc1cn(C2CCN(CC3CCN(C(=O)c4ccc(C5CN(C(/C=C(\N)c6ccccc6O)=C(N)N)C(C)C(C)O5)cc4)CC3)CC2)c2ccc(NC(=O)CCNC=O)cc12. The number of nitrogens with one attached hydrogen (secondary N) is 2. The Bertz CT molecular complexity index is 2250. The van der Waals surface area contributed by atoms with Crippen LogP contribution in [0, 0.1) is 12.8 Å². The lowest BCUT2D eigenvalue weighted by atomic mass is 9.94. The highest BCUT2D eigenvalue weighted by molar-refractivity contribution is 5.95. The normalized spacial score (nSPS) is 20.7. The predicted molar refractivity (Wildman–Crippen MR) is 239 cm³/mol. The Balaban J connectivity index is 0.892. The number of carbonyl (C=O) groups is 3. The largest absolute Gasteiger partial charge is 0.507 e. The first-order chi connectivity index (χ1) is 29.4. The zero-order chi connectivity index (χ0) is 43.2. The second-order valence-corrected chi connectivity index (χ2v) is 16.9. The zero-order valence-electron chi connectivity index (χ0n) is 35.6. The van der Waals surface area contributed by atoms with E-state index in [0.29, 0.717) is 54.0 Å². The van der Waals surface area contributed by atoms with Gasteiger partial charge in [0, 0.05) is 97.9 Å². The maximum atomic E-state index is 13.7. The highest BCUT2D eigenvalue weighted by atomic mass is 16.5. The van der Waals surface area contributed by atoms with Gasteiger partial charge in [-0.1, -0.05) is 24.3 Å². The third kappa shape index (κ3) is 9.98. The van der Waals surface area contributed by atoms with Crippen LogP contribution in [0.3, 0.4) is 0 Å². The number of rotatable bonds is 13. The fourth-order valence-electron chi connectivity index (χ4n) is 9.15. The number of likely N-dealkylation sites (tertiary alicyclic amines) is 2. The number of morpholine rings is 1. The second-order valence-electron chi connectivity index (χ2n) is 16.9. The van der Waals surface area contributed by atoms with E-state index in [9.17, 15) is 19.5 Å². The number of anilines is 1. The topological polar surface area (TPSA) is 197 Å². The molecule has 3 aliphatic rings. The molecule has 3 aromatic carbocycles. The van der Waals surface area contributed by atoms with Crippen LogP contribution in [0.1, 0.15) is 85.1 Å². The predicted octanol–water partition coefficient (Wildman–Crippen LogP) is 5.16. The highest BCUT2D eigenvalue weighted by Gasteiger charge is 2.35. The van der Waals surface area contributed by atoms with E-state index < -0.39 is 0 Å². The number of ether oxygens (including phenoxy) is 1. The summed E-state index contributed by atoms with van der Waals surface area (Å²) in [5.41, 5.74) is 25.0. The quantitative estimate of drug-likeness (QED) is 0.0595. The summed E-state index contributed by atoms with van der Waals surface area (Å²) < 4.78 is 8.87. The summed E-state index contributed by atoms with van der Waals surface area (Å²) in [6, 6.07) is 21.1. The number of para-hydroxylation sites is 1. The number of nitrogens with zero attached hydrogens (tertiary/aromatic N) is 4. The van der Waals surface area contributed by atoms with E-state index >= 15 is 0 Å². The number of aryl methyl sites for hydroxylation is 1. The summed E-state index contributed by atoms with van der Waals surface area (Å²) in [7, 11) is 0. The number of nitrogens with two attached hydrogens (primary N) is 3. The first kappa shape index (κ1) is 43.1. The number of benzene rings is 3. The fraction of sp³-hybridized carbons (Fsp3) is 0.426. The van der Waals surface area contributed by atoms with Crippen molar-refractivity contribution in [2.24, 2.45) is 23.1 Å². The Morgan fingerprint density at radius 3 is 2.34 bits per heavy atom. The number of phenols is 1. The van der Waals surface area contributed by atoms with Crippen LogP contribution >= 0.6 is 0 Å². The van der Waals surface area contributed by atoms with Crippen molar-refractivity contribution >= 4 is 40.5 Å². The monoisotopic (exact) mass is 831 g/mol. The van der Waals surface area contributed by atoms with Gasteiger partial charge in [-0.2, -0.15) is 0 Å². The molecule has 1 aromatic heterocycles. The molecular weight excluding hydrogens is 771 g/mol. The number of piperidine rings is 2. The number of amides is 3. The molecule has 3 fully saturated rings. The number of aromatic hydroxyl groups is 1. The minimum Gasteiger partial charge on any atom is -0.507 e. The molecule has 0 aliphatic carbocycles. The molecule has 3 unspecified atom stereocenters. The molecule has 0 bridgehead atoms. The van der Waals surface area contributed by atoms with Gasteiger partial charge in [0.15, 0.2) is 0 Å². The van der Waals surface area contributed by atoms with E-state index in [2.05, 4.69) is 51.1 Å². The number of aromatic nitrogens is 1. The zero-order valence-corrected chi connectivity index (χ0v) is 35.6. The van der Waals surface area contributed by atoms with E-state index in [1.807, 2.05) is 48.2 Å². The molecule has 3 saturated heterocycles. The lowest BCUT2D eigenvalue weighted by Gasteiger charge is -2.44. The van der Waals surface area contributed by atoms with Gasteiger partial charge in [0.05, 0.1) is 17.8 Å². The molecule has 9 N–H and O–H groups in total. The Morgan fingerprint density at radius 1 is 0.934 bits per heavy atom. The molecule has 4 aromatic rings. The van der Waals surface area contributed by atoms with Crippen molar-refractivity contribution in [3.05, 3.63) is 113 Å². The van der Waals surface area contributed by atoms with E-state index in [0.717, 1.165) is 75.0 Å². The summed E-state index contributed by atoms with van der Waals surface area (Å²) in [5.74, 6) is 0.675. The molecule has 3 amide bonds. The molecule has 0 spiro atoms. The van der Waals surface area contributed by atoms with Crippen LogP contribution in [0.4, 0.5) is 5.69 Å². The average molecular weight is 832 g/mol. The molecule has 324 valence electrons.